The predicted molar refractivity (Wildman–Crippen MR) is 212 cm³/mol. The van der Waals surface area contributed by atoms with E-state index in [2.05, 4.69) is 181 Å². The van der Waals surface area contributed by atoms with Gasteiger partial charge in [0.15, 0.2) is 0 Å². The monoisotopic (exact) mass is 637 g/mol. The summed E-state index contributed by atoms with van der Waals surface area (Å²) in [6.45, 7) is 0. The molecular formula is C48H31NO. The van der Waals surface area contributed by atoms with Gasteiger partial charge in [-0.1, -0.05) is 127 Å². The van der Waals surface area contributed by atoms with Gasteiger partial charge >= 0.3 is 0 Å². The largest absolute Gasteiger partial charge is 0.456 e. The minimum absolute atomic E-state index is 0.906. The van der Waals surface area contributed by atoms with Crippen molar-refractivity contribution in [2.75, 3.05) is 4.90 Å². The van der Waals surface area contributed by atoms with E-state index in [9.17, 15) is 0 Å². The Bertz CT molecular complexity index is 2880. The van der Waals surface area contributed by atoms with Crippen molar-refractivity contribution >= 4 is 71.3 Å². The van der Waals surface area contributed by atoms with Crippen LogP contribution >= 0.6 is 0 Å². The molecule has 10 aromatic rings. The van der Waals surface area contributed by atoms with E-state index in [-0.39, 0.29) is 0 Å². The lowest BCUT2D eigenvalue weighted by molar-refractivity contribution is 0.669. The fraction of sp³-hybridized carbons (Fsp3) is 0. The smallest absolute Gasteiger partial charge is 0.136 e. The molecule has 50 heavy (non-hydrogen) atoms. The molecule has 234 valence electrons. The van der Waals surface area contributed by atoms with Gasteiger partial charge in [0.25, 0.3) is 0 Å². The van der Waals surface area contributed by atoms with Crippen LogP contribution in [-0.4, -0.2) is 0 Å². The van der Waals surface area contributed by atoms with Gasteiger partial charge in [-0.15, -0.1) is 0 Å². The van der Waals surface area contributed by atoms with Gasteiger partial charge in [0.1, 0.15) is 11.2 Å². The first-order valence-electron chi connectivity index (χ1n) is 17.1. The van der Waals surface area contributed by atoms with Crippen LogP contribution in [0.25, 0.3) is 76.5 Å². The molecule has 1 heterocycles. The molecule has 0 amide bonds. The Balaban J connectivity index is 1.09. The van der Waals surface area contributed by atoms with Crippen molar-refractivity contribution in [3.8, 4) is 22.3 Å². The van der Waals surface area contributed by atoms with Crippen LogP contribution in [0, 0.1) is 0 Å². The predicted octanol–water partition coefficient (Wildman–Crippen LogP) is 13.8. The van der Waals surface area contributed by atoms with Gasteiger partial charge in [0.05, 0.1) is 0 Å². The number of rotatable bonds is 5. The first kappa shape index (κ1) is 28.4. The van der Waals surface area contributed by atoms with E-state index >= 15 is 0 Å². The zero-order valence-electron chi connectivity index (χ0n) is 27.3. The lowest BCUT2D eigenvalue weighted by Gasteiger charge is -2.27. The third-order valence-electron chi connectivity index (χ3n) is 10.0. The van der Waals surface area contributed by atoms with Crippen LogP contribution in [0.4, 0.5) is 17.1 Å². The molecule has 0 atom stereocenters. The molecule has 0 bridgehead atoms. The first-order chi connectivity index (χ1) is 24.7. The van der Waals surface area contributed by atoms with Crippen LogP contribution in [0.5, 0.6) is 0 Å². The fourth-order valence-corrected chi connectivity index (χ4v) is 7.49. The molecule has 0 spiro atoms. The molecule has 0 N–H and O–H groups in total. The molecule has 2 heteroatoms. The minimum Gasteiger partial charge on any atom is -0.456 e. The Morgan fingerprint density at radius 1 is 0.280 bits per heavy atom. The summed E-state index contributed by atoms with van der Waals surface area (Å²) in [6.07, 6.45) is 0. The maximum atomic E-state index is 6.22. The SMILES string of the molecule is c1cc(-c2ccc3ccccc3c2)cc(N(c2ccc(-c3ccc4c(c3)oc3ccccc34)cc2)c2ccc3c(ccc4ccccc43)c2)c1. The number of furan rings is 1. The van der Waals surface area contributed by atoms with E-state index < -0.39 is 0 Å². The van der Waals surface area contributed by atoms with E-state index in [1.165, 1.54) is 43.4 Å². The second kappa shape index (κ2) is 11.5. The van der Waals surface area contributed by atoms with E-state index in [4.69, 9.17) is 4.42 Å². The van der Waals surface area contributed by atoms with E-state index in [1.54, 1.807) is 0 Å². The Kier molecular flexibility index (Phi) is 6.53. The van der Waals surface area contributed by atoms with Gasteiger partial charge in [-0.25, -0.2) is 0 Å². The lowest BCUT2D eigenvalue weighted by Crippen LogP contribution is -2.10. The Labute approximate surface area is 290 Å². The third kappa shape index (κ3) is 4.81. The highest BCUT2D eigenvalue weighted by Crippen LogP contribution is 2.40. The maximum absolute atomic E-state index is 6.22. The highest BCUT2D eigenvalue weighted by atomic mass is 16.3. The van der Waals surface area contributed by atoms with Gasteiger partial charge in [-0.2, -0.15) is 0 Å². The molecule has 0 radical (unpaired) electrons. The van der Waals surface area contributed by atoms with Crippen molar-refractivity contribution < 1.29 is 4.42 Å². The summed E-state index contributed by atoms with van der Waals surface area (Å²) in [5, 5.41) is 9.77. The summed E-state index contributed by atoms with van der Waals surface area (Å²) in [6, 6.07) is 67.7. The fourth-order valence-electron chi connectivity index (χ4n) is 7.49. The molecule has 9 aromatic carbocycles. The molecule has 10 rings (SSSR count). The van der Waals surface area contributed by atoms with Crippen LogP contribution in [0.3, 0.4) is 0 Å². The molecular weight excluding hydrogens is 607 g/mol. The zero-order chi connectivity index (χ0) is 33.0. The number of benzene rings is 9. The van der Waals surface area contributed by atoms with Crippen molar-refractivity contribution in [1.82, 2.24) is 0 Å². The summed E-state index contributed by atoms with van der Waals surface area (Å²) in [7, 11) is 0. The Morgan fingerprint density at radius 3 is 1.76 bits per heavy atom. The molecule has 0 unspecified atom stereocenters. The van der Waals surface area contributed by atoms with Gasteiger partial charge < -0.3 is 9.32 Å². The van der Waals surface area contributed by atoms with Crippen molar-refractivity contribution in [1.29, 1.82) is 0 Å². The second-order valence-electron chi connectivity index (χ2n) is 13.0. The molecule has 1 aromatic heterocycles. The van der Waals surface area contributed by atoms with E-state index in [0.29, 0.717) is 0 Å². The van der Waals surface area contributed by atoms with Crippen LogP contribution in [0.1, 0.15) is 0 Å². The second-order valence-corrected chi connectivity index (χ2v) is 13.0. The average molecular weight is 638 g/mol. The molecule has 0 fully saturated rings. The average Bonchev–Trinajstić information content (AvgIpc) is 3.56. The number of para-hydroxylation sites is 1. The molecule has 0 aliphatic carbocycles. The van der Waals surface area contributed by atoms with Crippen molar-refractivity contribution in [3.05, 3.63) is 188 Å². The van der Waals surface area contributed by atoms with Crippen molar-refractivity contribution in [2.24, 2.45) is 0 Å². The van der Waals surface area contributed by atoms with Gasteiger partial charge in [0, 0.05) is 27.8 Å². The molecule has 0 saturated heterocycles. The highest BCUT2D eigenvalue weighted by molar-refractivity contribution is 6.09. The van der Waals surface area contributed by atoms with Crippen LogP contribution < -0.4 is 4.90 Å². The van der Waals surface area contributed by atoms with Crippen LogP contribution in [-0.2, 0) is 0 Å². The van der Waals surface area contributed by atoms with Crippen molar-refractivity contribution in [3.63, 3.8) is 0 Å². The Morgan fingerprint density at radius 2 is 0.860 bits per heavy atom. The molecule has 0 aliphatic rings. The summed E-state index contributed by atoms with van der Waals surface area (Å²) in [5.41, 5.74) is 9.79. The number of anilines is 3. The van der Waals surface area contributed by atoms with E-state index in [1.807, 2.05) is 12.1 Å². The lowest BCUT2D eigenvalue weighted by atomic mass is 9.99. The first-order valence-corrected chi connectivity index (χ1v) is 17.1. The number of nitrogens with zero attached hydrogens (tertiary/aromatic N) is 1. The molecule has 2 nitrogen and oxygen atoms in total. The standard InChI is InChI=1S/C48H31NO/c1-2-10-35-28-37(18-16-32(35)8-1)36-11-7-12-41(29-36)49(42-25-27-44-39(30-42)19-17-34-9-3-4-13-43(34)44)40-23-20-33(21-24-40)38-22-26-46-45-14-5-6-15-47(45)50-48(46)31-38/h1-31H. The zero-order valence-corrected chi connectivity index (χ0v) is 27.3. The van der Waals surface area contributed by atoms with Gasteiger partial charge in [-0.3, -0.25) is 0 Å². The van der Waals surface area contributed by atoms with Gasteiger partial charge in [-0.05, 0) is 115 Å². The topological polar surface area (TPSA) is 16.4 Å². The van der Waals surface area contributed by atoms with Crippen LogP contribution in [0.15, 0.2) is 192 Å². The summed E-state index contributed by atoms with van der Waals surface area (Å²) in [5.74, 6) is 0. The summed E-state index contributed by atoms with van der Waals surface area (Å²) >= 11 is 0. The van der Waals surface area contributed by atoms with Gasteiger partial charge in [0.2, 0.25) is 0 Å². The summed E-state index contributed by atoms with van der Waals surface area (Å²) in [4.78, 5) is 2.37. The number of hydrogen-bond donors (Lipinski definition) is 0. The van der Waals surface area contributed by atoms with Crippen LogP contribution in [0.2, 0.25) is 0 Å². The minimum atomic E-state index is 0.906. The van der Waals surface area contributed by atoms with E-state index in [0.717, 1.165) is 50.1 Å². The highest BCUT2D eigenvalue weighted by Gasteiger charge is 2.16. The number of fused-ring (bicyclic) bond motifs is 7. The molecule has 0 saturated carbocycles. The molecule has 0 aliphatic heterocycles. The summed E-state index contributed by atoms with van der Waals surface area (Å²) < 4.78 is 6.22. The normalized spacial score (nSPS) is 11.6. The number of hydrogen-bond acceptors (Lipinski definition) is 2. The third-order valence-corrected chi connectivity index (χ3v) is 10.0. The van der Waals surface area contributed by atoms with Crippen molar-refractivity contribution in [2.45, 2.75) is 0 Å². The quantitative estimate of drug-likeness (QED) is 0.175. The maximum Gasteiger partial charge on any atom is 0.136 e. The Hall–Kier alpha value is -6.64.